The highest BCUT2D eigenvalue weighted by molar-refractivity contribution is 5.60. The van der Waals surface area contributed by atoms with E-state index in [4.69, 9.17) is 15.7 Å². The summed E-state index contributed by atoms with van der Waals surface area (Å²) in [4.78, 5) is 2.51. The van der Waals surface area contributed by atoms with Crippen molar-refractivity contribution in [1.29, 1.82) is 5.26 Å². The van der Waals surface area contributed by atoms with Crippen molar-refractivity contribution in [2.45, 2.75) is 39.2 Å². The predicted octanol–water partition coefficient (Wildman–Crippen LogP) is 3.03. The van der Waals surface area contributed by atoms with Crippen LogP contribution in [0.5, 0.6) is 5.75 Å². The Labute approximate surface area is 127 Å². The highest BCUT2D eigenvalue weighted by atomic mass is 16.5. The van der Waals surface area contributed by atoms with Gasteiger partial charge in [0.15, 0.2) is 0 Å². The van der Waals surface area contributed by atoms with Crippen LogP contribution < -0.4 is 10.5 Å². The molecular weight excluding hydrogens is 262 g/mol. The number of nitriles is 1. The zero-order valence-corrected chi connectivity index (χ0v) is 13.2. The fourth-order valence-corrected chi connectivity index (χ4v) is 2.81. The smallest absolute Gasteiger partial charge is 0.139 e. The molecule has 1 saturated heterocycles. The fourth-order valence-electron chi connectivity index (χ4n) is 2.81. The van der Waals surface area contributed by atoms with E-state index in [2.05, 4.69) is 31.7 Å². The maximum Gasteiger partial charge on any atom is 0.139 e. The lowest BCUT2D eigenvalue weighted by Crippen LogP contribution is -2.48. The summed E-state index contributed by atoms with van der Waals surface area (Å²) in [6.45, 7) is 9.60. The van der Waals surface area contributed by atoms with Crippen LogP contribution in [0.2, 0.25) is 0 Å². The summed E-state index contributed by atoms with van der Waals surface area (Å²) in [5.74, 6) is 1.11. The van der Waals surface area contributed by atoms with E-state index in [1.54, 1.807) is 6.07 Å². The third-order valence-corrected chi connectivity index (χ3v) is 4.11. The van der Waals surface area contributed by atoms with Crippen molar-refractivity contribution in [2.24, 2.45) is 5.92 Å². The van der Waals surface area contributed by atoms with Crippen molar-refractivity contribution in [3.63, 3.8) is 0 Å². The zero-order valence-electron chi connectivity index (χ0n) is 13.2. The standard InChI is InChI=1S/C17H25N3O/c1-17(2,3)20-9-5-6-13(11-20)12-21-16-8-4-7-15(19)14(16)10-18/h4,7-8,13H,5-6,9,11-12,19H2,1-3H3. The summed E-state index contributed by atoms with van der Waals surface area (Å²) in [5.41, 5.74) is 6.94. The van der Waals surface area contributed by atoms with Crippen LogP contribution in [0, 0.1) is 17.2 Å². The first-order valence-electron chi connectivity index (χ1n) is 7.58. The molecule has 1 unspecified atom stereocenters. The molecule has 1 aromatic carbocycles. The van der Waals surface area contributed by atoms with E-state index >= 15 is 0 Å². The Bertz CT molecular complexity index is 528. The van der Waals surface area contributed by atoms with Gasteiger partial charge in [-0.05, 0) is 52.3 Å². The Hall–Kier alpha value is -1.73. The minimum atomic E-state index is 0.202. The molecule has 1 heterocycles. The molecule has 0 bridgehead atoms. The summed E-state index contributed by atoms with van der Waals surface area (Å²) in [6.07, 6.45) is 2.38. The van der Waals surface area contributed by atoms with Gasteiger partial charge in [0.25, 0.3) is 0 Å². The number of rotatable bonds is 3. The lowest BCUT2D eigenvalue weighted by molar-refractivity contribution is 0.0607. The number of benzene rings is 1. The normalized spacial score (nSPS) is 20.0. The summed E-state index contributed by atoms with van der Waals surface area (Å²) in [5, 5.41) is 9.17. The second-order valence-corrected chi connectivity index (χ2v) is 6.77. The zero-order chi connectivity index (χ0) is 15.5. The highest BCUT2D eigenvalue weighted by Gasteiger charge is 2.28. The van der Waals surface area contributed by atoms with Gasteiger partial charge in [0.05, 0.1) is 12.3 Å². The third kappa shape index (κ3) is 3.89. The number of hydrogen-bond donors (Lipinski definition) is 1. The number of hydrogen-bond acceptors (Lipinski definition) is 4. The number of nitrogens with two attached hydrogens (primary N) is 1. The number of nitrogen functional groups attached to an aromatic ring is 1. The lowest BCUT2D eigenvalue weighted by Gasteiger charge is -2.41. The second kappa shape index (κ2) is 6.36. The fraction of sp³-hybridized carbons (Fsp3) is 0.588. The summed E-state index contributed by atoms with van der Waals surface area (Å²) in [6, 6.07) is 7.50. The topological polar surface area (TPSA) is 62.3 Å². The van der Waals surface area contributed by atoms with E-state index in [-0.39, 0.29) is 5.54 Å². The van der Waals surface area contributed by atoms with Crippen LogP contribution in [-0.4, -0.2) is 30.1 Å². The van der Waals surface area contributed by atoms with Crippen LogP contribution in [0.3, 0.4) is 0 Å². The second-order valence-electron chi connectivity index (χ2n) is 6.77. The predicted molar refractivity (Wildman–Crippen MR) is 85.1 cm³/mol. The molecular formula is C17H25N3O. The van der Waals surface area contributed by atoms with Gasteiger partial charge in [-0.1, -0.05) is 6.07 Å². The van der Waals surface area contributed by atoms with E-state index in [1.165, 1.54) is 12.8 Å². The van der Waals surface area contributed by atoms with Crippen LogP contribution >= 0.6 is 0 Å². The van der Waals surface area contributed by atoms with Crippen molar-refractivity contribution < 1.29 is 4.74 Å². The first kappa shape index (κ1) is 15.7. The largest absolute Gasteiger partial charge is 0.492 e. The van der Waals surface area contributed by atoms with Crippen molar-refractivity contribution in [3.05, 3.63) is 23.8 Å². The first-order valence-corrected chi connectivity index (χ1v) is 7.58. The van der Waals surface area contributed by atoms with Gasteiger partial charge in [-0.2, -0.15) is 5.26 Å². The van der Waals surface area contributed by atoms with E-state index in [9.17, 15) is 0 Å². The highest BCUT2D eigenvalue weighted by Crippen LogP contribution is 2.27. The van der Waals surface area contributed by atoms with Crippen molar-refractivity contribution >= 4 is 5.69 Å². The molecule has 2 N–H and O–H groups in total. The number of piperidine rings is 1. The van der Waals surface area contributed by atoms with E-state index < -0.39 is 0 Å². The van der Waals surface area contributed by atoms with Crippen LogP contribution in [-0.2, 0) is 0 Å². The first-order chi connectivity index (χ1) is 9.91. The molecule has 0 radical (unpaired) electrons. The van der Waals surface area contributed by atoms with Gasteiger partial charge in [0, 0.05) is 18.0 Å². The SMILES string of the molecule is CC(C)(C)N1CCCC(COc2cccc(N)c2C#N)C1. The van der Waals surface area contributed by atoms with Gasteiger partial charge in [0.2, 0.25) is 0 Å². The Morgan fingerprint density at radius 1 is 1.43 bits per heavy atom. The average molecular weight is 287 g/mol. The number of anilines is 1. The molecule has 1 aliphatic heterocycles. The molecule has 21 heavy (non-hydrogen) atoms. The average Bonchev–Trinajstić information content (AvgIpc) is 2.44. The number of ether oxygens (including phenoxy) is 1. The lowest BCUT2D eigenvalue weighted by atomic mass is 9.94. The Morgan fingerprint density at radius 3 is 2.86 bits per heavy atom. The molecule has 0 aromatic heterocycles. The van der Waals surface area contributed by atoms with E-state index in [1.807, 2.05) is 12.1 Å². The van der Waals surface area contributed by atoms with Crippen LogP contribution in [0.15, 0.2) is 18.2 Å². The van der Waals surface area contributed by atoms with Gasteiger partial charge in [-0.15, -0.1) is 0 Å². The minimum Gasteiger partial charge on any atom is -0.492 e. The van der Waals surface area contributed by atoms with Gasteiger partial charge in [0.1, 0.15) is 17.4 Å². The summed E-state index contributed by atoms with van der Waals surface area (Å²) >= 11 is 0. The molecule has 0 spiro atoms. The number of likely N-dealkylation sites (tertiary alicyclic amines) is 1. The molecule has 1 fully saturated rings. The Balaban J connectivity index is 1.98. The molecule has 0 amide bonds. The molecule has 114 valence electrons. The Morgan fingerprint density at radius 2 is 2.19 bits per heavy atom. The van der Waals surface area contributed by atoms with Crippen LogP contribution in [0.4, 0.5) is 5.69 Å². The van der Waals surface area contributed by atoms with Gasteiger partial charge in [-0.25, -0.2) is 0 Å². The van der Waals surface area contributed by atoms with Crippen LogP contribution in [0.1, 0.15) is 39.2 Å². The molecule has 0 saturated carbocycles. The maximum absolute atomic E-state index is 9.17. The van der Waals surface area contributed by atoms with E-state index in [0.29, 0.717) is 29.5 Å². The van der Waals surface area contributed by atoms with E-state index in [0.717, 1.165) is 13.1 Å². The van der Waals surface area contributed by atoms with Crippen molar-refractivity contribution in [2.75, 3.05) is 25.4 Å². The molecule has 1 aromatic rings. The quantitative estimate of drug-likeness (QED) is 0.868. The summed E-state index contributed by atoms with van der Waals surface area (Å²) < 4.78 is 5.88. The van der Waals surface area contributed by atoms with Crippen molar-refractivity contribution in [1.82, 2.24) is 4.90 Å². The van der Waals surface area contributed by atoms with Gasteiger partial charge < -0.3 is 10.5 Å². The molecule has 1 atom stereocenters. The molecule has 2 rings (SSSR count). The Kier molecular flexibility index (Phi) is 4.74. The maximum atomic E-state index is 9.17. The molecule has 4 heteroatoms. The summed E-state index contributed by atoms with van der Waals surface area (Å²) in [7, 11) is 0. The van der Waals surface area contributed by atoms with Crippen molar-refractivity contribution in [3.8, 4) is 11.8 Å². The number of nitrogens with zero attached hydrogens (tertiary/aromatic N) is 2. The monoisotopic (exact) mass is 287 g/mol. The third-order valence-electron chi connectivity index (χ3n) is 4.11. The molecule has 1 aliphatic rings. The van der Waals surface area contributed by atoms with Gasteiger partial charge in [-0.3, -0.25) is 4.90 Å². The molecule has 0 aliphatic carbocycles. The minimum absolute atomic E-state index is 0.202. The molecule has 4 nitrogen and oxygen atoms in total. The van der Waals surface area contributed by atoms with Gasteiger partial charge >= 0.3 is 0 Å². The van der Waals surface area contributed by atoms with Crippen LogP contribution in [0.25, 0.3) is 0 Å².